The van der Waals surface area contributed by atoms with Crippen molar-refractivity contribution in [1.29, 1.82) is 0 Å². The summed E-state index contributed by atoms with van der Waals surface area (Å²) in [6.07, 6.45) is 2.78. The number of carbonyl (C=O) groups is 2. The molecule has 0 unspecified atom stereocenters. The quantitative estimate of drug-likeness (QED) is 0.691. The first-order valence-corrected chi connectivity index (χ1v) is 10.4. The number of urea groups is 1. The van der Waals surface area contributed by atoms with Crippen LogP contribution in [0.1, 0.15) is 28.8 Å². The number of hydrogen-bond acceptors (Lipinski definition) is 3. The molecule has 0 bridgehead atoms. The molecule has 2 aromatic rings. The van der Waals surface area contributed by atoms with E-state index in [9.17, 15) is 9.59 Å². The summed E-state index contributed by atoms with van der Waals surface area (Å²) in [6, 6.07) is 11.9. The van der Waals surface area contributed by atoms with Crippen molar-refractivity contribution < 1.29 is 9.59 Å². The first-order valence-electron chi connectivity index (χ1n) is 9.22. The Morgan fingerprint density at radius 2 is 1.85 bits per heavy atom. The van der Waals surface area contributed by atoms with Gasteiger partial charge in [0.2, 0.25) is 5.91 Å². The van der Waals surface area contributed by atoms with Crippen molar-refractivity contribution >= 4 is 34.9 Å². The molecule has 1 aromatic carbocycles. The standard InChI is InChI=1S/C20H24ClN3O2S/c21-18-8-7-17(27-18)9-12-23-20(26)22-11-3-6-19(25)24-13-10-15-4-1-2-5-16(15)14-24/h1-2,4-5,7-8H,3,6,9-14H2,(H2,22,23,26). The minimum absolute atomic E-state index is 0.154. The zero-order valence-electron chi connectivity index (χ0n) is 15.2. The Morgan fingerprint density at radius 1 is 1.07 bits per heavy atom. The van der Waals surface area contributed by atoms with Crippen LogP contribution in [0.25, 0.3) is 0 Å². The second kappa shape index (κ2) is 9.76. The second-order valence-corrected chi connectivity index (χ2v) is 8.38. The second-order valence-electron chi connectivity index (χ2n) is 6.58. The van der Waals surface area contributed by atoms with Crippen LogP contribution in [-0.4, -0.2) is 36.5 Å². The smallest absolute Gasteiger partial charge is 0.314 e. The van der Waals surface area contributed by atoms with Crippen LogP contribution in [0, 0.1) is 0 Å². The van der Waals surface area contributed by atoms with E-state index < -0.39 is 0 Å². The van der Waals surface area contributed by atoms with Crippen LogP contribution in [0.2, 0.25) is 4.34 Å². The molecule has 5 nitrogen and oxygen atoms in total. The molecule has 0 radical (unpaired) electrons. The van der Waals surface area contributed by atoms with Gasteiger partial charge in [0.25, 0.3) is 0 Å². The number of nitrogens with zero attached hydrogens (tertiary/aromatic N) is 1. The van der Waals surface area contributed by atoms with E-state index in [0.717, 1.165) is 28.6 Å². The Kier molecular flexibility index (Phi) is 7.12. The third kappa shape index (κ3) is 5.97. The summed E-state index contributed by atoms with van der Waals surface area (Å²) in [6.45, 7) is 2.52. The molecular formula is C20H24ClN3O2S. The van der Waals surface area contributed by atoms with Gasteiger partial charge in [-0.2, -0.15) is 0 Å². The minimum atomic E-state index is -0.197. The molecule has 2 N–H and O–H groups in total. The van der Waals surface area contributed by atoms with E-state index in [0.29, 0.717) is 32.5 Å². The molecule has 0 atom stereocenters. The number of amides is 3. The minimum Gasteiger partial charge on any atom is -0.338 e. The fourth-order valence-corrected chi connectivity index (χ4v) is 4.24. The maximum absolute atomic E-state index is 12.4. The average Bonchev–Trinajstić information content (AvgIpc) is 3.09. The highest BCUT2D eigenvalue weighted by Crippen LogP contribution is 2.21. The van der Waals surface area contributed by atoms with Crippen LogP contribution in [-0.2, 0) is 24.2 Å². The maximum Gasteiger partial charge on any atom is 0.314 e. The number of rotatable bonds is 7. The molecule has 144 valence electrons. The van der Waals surface area contributed by atoms with E-state index in [2.05, 4.69) is 22.8 Å². The monoisotopic (exact) mass is 405 g/mol. The third-order valence-corrected chi connectivity index (χ3v) is 5.91. The number of halogens is 1. The Hall–Kier alpha value is -2.05. The highest BCUT2D eigenvalue weighted by Gasteiger charge is 2.19. The van der Waals surface area contributed by atoms with Crippen molar-refractivity contribution in [3.63, 3.8) is 0 Å². The van der Waals surface area contributed by atoms with Crippen LogP contribution < -0.4 is 10.6 Å². The van der Waals surface area contributed by atoms with Gasteiger partial charge in [0.1, 0.15) is 0 Å². The molecule has 1 aliphatic rings. The molecule has 0 aliphatic carbocycles. The molecule has 0 spiro atoms. The van der Waals surface area contributed by atoms with Gasteiger partial charge in [-0.05, 0) is 42.5 Å². The summed E-state index contributed by atoms with van der Waals surface area (Å²) in [5.41, 5.74) is 2.58. The zero-order valence-corrected chi connectivity index (χ0v) is 16.7. The highest BCUT2D eigenvalue weighted by molar-refractivity contribution is 7.16. The van der Waals surface area contributed by atoms with E-state index in [-0.39, 0.29) is 11.9 Å². The summed E-state index contributed by atoms with van der Waals surface area (Å²) >= 11 is 7.41. The molecular weight excluding hydrogens is 382 g/mol. The van der Waals surface area contributed by atoms with Crippen molar-refractivity contribution in [2.45, 2.75) is 32.2 Å². The molecule has 27 heavy (non-hydrogen) atoms. The maximum atomic E-state index is 12.4. The molecule has 0 saturated heterocycles. The Bertz CT molecular complexity index is 793. The lowest BCUT2D eigenvalue weighted by Crippen LogP contribution is -2.38. The molecule has 1 aromatic heterocycles. The molecule has 2 heterocycles. The van der Waals surface area contributed by atoms with E-state index in [1.807, 2.05) is 29.2 Å². The van der Waals surface area contributed by atoms with E-state index in [1.165, 1.54) is 22.5 Å². The van der Waals surface area contributed by atoms with Crippen molar-refractivity contribution in [2.24, 2.45) is 0 Å². The van der Waals surface area contributed by atoms with E-state index in [1.54, 1.807) is 0 Å². The van der Waals surface area contributed by atoms with Crippen LogP contribution in [0.3, 0.4) is 0 Å². The van der Waals surface area contributed by atoms with Crippen molar-refractivity contribution in [3.05, 3.63) is 56.7 Å². The van der Waals surface area contributed by atoms with Gasteiger partial charge in [-0.25, -0.2) is 4.79 Å². The molecule has 1 aliphatic heterocycles. The average molecular weight is 406 g/mol. The van der Waals surface area contributed by atoms with Crippen LogP contribution in [0.15, 0.2) is 36.4 Å². The van der Waals surface area contributed by atoms with Crippen LogP contribution >= 0.6 is 22.9 Å². The van der Waals surface area contributed by atoms with Gasteiger partial charge in [-0.1, -0.05) is 35.9 Å². The van der Waals surface area contributed by atoms with E-state index in [4.69, 9.17) is 11.6 Å². The van der Waals surface area contributed by atoms with Gasteiger partial charge in [0.15, 0.2) is 0 Å². The number of thiophene rings is 1. The first-order chi connectivity index (χ1) is 13.1. The predicted octanol–water partition coefficient (Wildman–Crippen LogP) is 3.61. The normalized spacial score (nSPS) is 13.1. The van der Waals surface area contributed by atoms with Crippen LogP contribution in [0.4, 0.5) is 4.79 Å². The number of carbonyl (C=O) groups excluding carboxylic acids is 2. The van der Waals surface area contributed by atoms with E-state index >= 15 is 0 Å². The molecule has 7 heteroatoms. The SMILES string of the molecule is O=C(NCCCC(=O)N1CCc2ccccc2C1)NCCc1ccc(Cl)s1. The fourth-order valence-electron chi connectivity index (χ4n) is 3.16. The largest absolute Gasteiger partial charge is 0.338 e. The number of benzene rings is 1. The van der Waals surface area contributed by atoms with Gasteiger partial charge in [-0.3, -0.25) is 4.79 Å². The topological polar surface area (TPSA) is 61.4 Å². The van der Waals surface area contributed by atoms with Crippen molar-refractivity contribution in [3.8, 4) is 0 Å². The highest BCUT2D eigenvalue weighted by atomic mass is 35.5. The van der Waals surface area contributed by atoms with Crippen molar-refractivity contribution in [2.75, 3.05) is 19.6 Å². The molecule has 0 fully saturated rings. The summed E-state index contributed by atoms with van der Waals surface area (Å²) in [5, 5.41) is 5.63. The van der Waals surface area contributed by atoms with Crippen molar-refractivity contribution in [1.82, 2.24) is 15.5 Å². The zero-order chi connectivity index (χ0) is 19.1. The Morgan fingerprint density at radius 3 is 2.63 bits per heavy atom. The summed E-state index contributed by atoms with van der Waals surface area (Å²) in [4.78, 5) is 27.2. The number of fused-ring (bicyclic) bond motifs is 1. The van der Waals surface area contributed by atoms with Gasteiger partial charge in [-0.15, -0.1) is 11.3 Å². The molecule has 3 rings (SSSR count). The fraction of sp³-hybridized carbons (Fsp3) is 0.400. The third-order valence-electron chi connectivity index (χ3n) is 4.62. The lowest BCUT2D eigenvalue weighted by Gasteiger charge is -2.29. The molecule has 0 saturated carbocycles. The van der Waals surface area contributed by atoms with Gasteiger partial charge in [0, 0.05) is 37.5 Å². The van der Waals surface area contributed by atoms with Gasteiger partial charge in [0.05, 0.1) is 4.34 Å². The Balaban J connectivity index is 1.28. The van der Waals surface area contributed by atoms with Gasteiger partial charge >= 0.3 is 6.03 Å². The predicted molar refractivity (Wildman–Crippen MR) is 109 cm³/mol. The van der Waals surface area contributed by atoms with Gasteiger partial charge < -0.3 is 15.5 Å². The molecule has 3 amide bonds. The summed E-state index contributed by atoms with van der Waals surface area (Å²) in [5.74, 6) is 0.154. The number of nitrogens with one attached hydrogen (secondary N) is 2. The summed E-state index contributed by atoms with van der Waals surface area (Å²) in [7, 11) is 0. The summed E-state index contributed by atoms with van der Waals surface area (Å²) < 4.78 is 0.760. The number of hydrogen-bond donors (Lipinski definition) is 2. The Labute approximate surface area is 168 Å². The van der Waals surface area contributed by atoms with Crippen LogP contribution in [0.5, 0.6) is 0 Å². The lowest BCUT2D eigenvalue weighted by atomic mass is 9.99. The first kappa shape index (κ1) is 19.7. The lowest BCUT2D eigenvalue weighted by molar-refractivity contribution is -0.132.